The zero-order chi connectivity index (χ0) is 19.5. The summed E-state index contributed by atoms with van der Waals surface area (Å²) in [5, 5.41) is 13.3. The number of sulfonamides is 1. The van der Waals surface area contributed by atoms with E-state index in [1.165, 1.54) is 18.2 Å². The molecule has 1 atom stereocenters. The van der Waals surface area contributed by atoms with Crippen LogP contribution in [0.5, 0.6) is 0 Å². The number of aryl methyl sites for hydroxylation is 1. The van der Waals surface area contributed by atoms with E-state index in [4.69, 9.17) is 4.74 Å². The Morgan fingerprint density at radius 3 is 2.73 bits per heavy atom. The fraction of sp³-hybridized carbons (Fsp3) is 0.467. The van der Waals surface area contributed by atoms with Gasteiger partial charge in [0, 0.05) is 23.9 Å². The van der Waals surface area contributed by atoms with Gasteiger partial charge in [0.1, 0.15) is 6.04 Å². The molecule has 1 aliphatic rings. The first kappa shape index (κ1) is 19.8. The molecule has 1 amide bonds. The summed E-state index contributed by atoms with van der Waals surface area (Å²) in [5.74, 6) is -1.47. The van der Waals surface area contributed by atoms with E-state index in [2.05, 4.69) is 5.32 Å². The second kappa shape index (κ2) is 7.79. The molecule has 0 radical (unpaired) electrons. The van der Waals surface area contributed by atoms with Crippen molar-refractivity contribution in [3.05, 3.63) is 33.9 Å². The number of hydrogen-bond donors (Lipinski definition) is 1. The molecule has 26 heavy (non-hydrogen) atoms. The van der Waals surface area contributed by atoms with Gasteiger partial charge in [-0.15, -0.1) is 0 Å². The molecule has 1 heterocycles. The number of rotatable bonds is 6. The first-order chi connectivity index (χ1) is 12.1. The normalized spacial score (nSPS) is 17.7. The highest BCUT2D eigenvalue weighted by Crippen LogP contribution is 2.23. The maximum absolute atomic E-state index is 12.0. The van der Waals surface area contributed by atoms with Crippen LogP contribution in [-0.4, -0.2) is 55.0 Å². The van der Waals surface area contributed by atoms with Crippen molar-refractivity contribution in [2.24, 2.45) is 0 Å². The minimum atomic E-state index is -3.53. The number of hydrogen-bond acceptors (Lipinski definition) is 7. The van der Waals surface area contributed by atoms with Crippen LogP contribution in [0.25, 0.3) is 0 Å². The Morgan fingerprint density at radius 1 is 1.42 bits per heavy atom. The number of anilines is 1. The van der Waals surface area contributed by atoms with Gasteiger partial charge in [0.25, 0.3) is 11.6 Å². The van der Waals surface area contributed by atoms with Crippen molar-refractivity contribution in [2.75, 3.05) is 24.7 Å². The molecule has 1 aromatic carbocycles. The number of nitrogens with one attached hydrogen (secondary N) is 1. The van der Waals surface area contributed by atoms with Crippen molar-refractivity contribution in [3.63, 3.8) is 0 Å². The minimum absolute atomic E-state index is 0.144. The van der Waals surface area contributed by atoms with E-state index >= 15 is 0 Å². The number of carbonyl (C=O) groups is 2. The molecule has 10 nitrogen and oxygen atoms in total. The quantitative estimate of drug-likeness (QED) is 0.435. The molecule has 0 unspecified atom stereocenters. The van der Waals surface area contributed by atoms with Gasteiger partial charge >= 0.3 is 5.97 Å². The first-order valence-electron chi connectivity index (χ1n) is 7.78. The molecule has 0 aromatic heterocycles. The van der Waals surface area contributed by atoms with Crippen molar-refractivity contribution >= 4 is 33.3 Å². The lowest BCUT2D eigenvalue weighted by Gasteiger charge is -2.20. The fourth-order valence-corrected chi connectivity index (χ4v) is 3.80. The van der Waals surface area contributed by atoms with Crippen LogP contribution in [0.2, 0.25) is 0 Å². The molecule has 0 aliphatic carbocycles. The second-order valence-electron chi connectivity index (χ2n) is 5.95. The van der Waals surface area contributed by atoms with Crippen molar-refractivity contribution < 1.29 is 27.7 Å². The van der Waals surface area contributed by atoms with Gasteiger partial charge in [-0.1, -0.05) is 6.07 Å². The lowest BCUT2D eigenvalue weighted by atomic mass is 10.2. The van der Waals surface area contributed by atoms with Gasteiger partial charge in [0.05, 0.1) is 11.2 Å². The van der Waals surface area contributed by atoms with Crippen LogP contribution in [0.1, 0.15) is 18.4 Å². The van der Waals surface area contributed by atoms with E-state index in [-0.39, 0.29) is 17.9 Å². The lowest BCUT2D eigenvalue weighted by molar-refractivity contribution is -0.385. The third kappa shape index (κ3) is 4.76. The van der Waals surface area contributed by atoms with Crippen molar-refractivity contribution in [3.8, 4) is 0 Å². The van der Waals surface area contributed by atoms with Gasteiger partial charge in [-0.2, -0.15) is 4.31 Å². The molecule has 11 heteroatoms. The molecule has 0 saturated carbocycles. The molecule has 2 rings (SSSR count). The number of nitro benzene ring substituents is 1. The molecule has 1 aliphatic heterocycles. The molecule has 1 saturated heterocycles. The predicted molar refractivity (Wildman–Crippen MR) is 92.0 cm³/mol. The van der Waals surface area contributed by atoms with Gasteiger partial charge in [-0.25, -0.2) is 8.42 Å². The third-order valence-electron chi connectivity index (χ3n) is 3.94. The number of carbonyl (C=O) groups excluding carboxylic acids is 2. The summed E-state index contributed by atoms with van der Waals surface area (Å²) >= 11 is 0. The van der Waals surface area contributed by atoms with Crippen LogP contribution in [0.4, 0.5) is 11.4 Å². The lowest BCUT2D eigenvalue weighted by Crippen LogP contribution is -2.41. The number of nitrogens with zero attached hydrogens (tertiary/aromatic N) is 2. The second-order valence-corrected chi connectivity index (χ2v) is 7.88. The van der Waals surface area contributed by atoms with Gasteiger partial charge in [0.2, 0.25) is 10.0 Å². The van der Waals surface area contributed by atoms with Crippen LogP contribution in [0.3, 0.4) is 0 Å². The zero-order valence-electron chi connectivity index (χ0n) is 14.3. The molecule has 0 spiro atoms. The van der Waals surface area contributed by atoms with Crippen LogP contribution in [0.15, 0.2) is 18.2 Å². The summed E-state index contributed by atoms with van der Waals surface area (Å²) in [6, 6.07) is 3.25. The van der Waals surface area contributed by atoms with Crippen LogP contribution in [-0.2, 0) is 24.3 Å². The van der Waals surface area contributed by atoms with Crippen molar-refractivity contribution in [1.29, 1.82) is 0 Å². The third-order valence-corrected chi connectivity index (χ3v) is 5.23. The van der Waals surface area contributed by atoms with Gasteiger partial charge in [0.15, 0.2) is 6.61 Å². The summed E-state index contributed by atoms with van der Waals surface area (Å²) in [4.78, 5) is 34.3. The van der Waals surface area contributed by atoms with E-state index in [0.29, 0.717) is 18.4 Å². The Hall–Kier alpha value is -2.53. The van der Waals surface area contributed by atoms with E-state index in [1.807, 2.05) is 0 Å². The first-order valence-corrected chi connectivity index (χ1v) is 9.63. The summed E-state index contributed by atoms with van der Waals surface area (Å²) in [6.45, 7) is 1.19. The average molecular weight is 385 g/mol. The molecule has 0 bridgehead atoms. The van der Waals surface area contributed by atoms with E-state index < -0.39 is 39.5 Å². The van der Waals surface area contributed by atoms with Crippen LogP contribution in [0, 0.1) is 17.0 Å². The predicted octanol–water partition coefficient (Wildman–Crippen LogP) is 0.809. The largest absolute Gasteiger partial charge is 0.454 e. The van der Waals surface area contributed by atoms with E-state index in [0.717, 1.165) is 10.6 Å². The smallest absolute Gasteiger partial charge is 0.324 e. The van der Waals surface area contributed by atoms with E-state index in [9.17, 15) is 28.1 Å². The Morgan fingerprint density at radius 2 is 2.12 bits per heavy atom. The number of nitro groups is 1. The molecule has 142 valence electrons. The van der Waals surface area contributed by atoms with Gasteiger partial charge < -0.3 is 10.1 Å². The van der Waals surface area contributed by atoms with Gasteiger partial charge in [-0.3, -0.25) is 19.7 Å². The Kier molecular flexibility index (Phi) is 5.93. The average Bonchev–Trinajstić information content (AvgIpc) is 3.04. The number of amides is 1. The standard InChI is InChI=1S/C15H19N3O7S/c1-10-5-6-11(8-13(10)18(21)22)16-14(19)9-25-15(20)12-4-3-7-17(12)26(2,23)24/h5-6,8,12H,3-4,7,9H2,1-2H3,(H,16,19)/t12-/m0/s1. The highest BCUT2D eigenvalue weighted by atomic mass is 32.2. The summed E-state index contributed by atoms with van der Waals surface area (Å²) in [6.07, 6.45) is 1.87. The van der Waals surface area contributed by atoms with Gasteiger partial charge in [-0.05, 0) is 25.8 Å². The Balaban J connectivity index is 1.94. The highest BCUT2D eigenvalue weighted by molar-refractivity contribution is 7.88. The minimum Gasteiger partial charge on any atom is -0.454 e. The van der Waals surface area contributed by atoms with E-state index in [1.54, 1.807) is 6.92 Å². The summed E-state index contributed by atoms with van der Waals surface area (Å²) in [7, 11) is -3.53. The SMILES string of the molecule is Cc1ccc(NC(=O)COC(=O)[C@@H]2CCCN2S(C)(=O)=O)cc1[N+](=O)[O-]. The monoisotopic (exact) mass is 385 g/mol. The molecular formula is C15H19N3O7S. The Labute approximate surface area is 150 Å². The maximum atomic E-state index is 12.0. The number of esters is 1. The van der Waals surface area contributed by atoms with Crippen LogP contribution < -0.4 is 5.32 Å². The topological polar surface area (TPSA) is 136 Å². The molecule has 1 aromatic rings. The molecular weight excluding hydrogens is 366 g/mol. The highest BCUT2D eigenvalue weighted by Gasteiger charge is 2.37. The van der Waals surface area contributed by atoms with Crippen molar-refractivity contribution in [2.45, 2.75) is 25.8 Å². The number of benzene rings is 1. The summed E-state index contributed by atoms with van der Waals surface area (Å²) in [5.41, 5.74) is 0.498. The summed E-state index contributed by atoms with van der Waals surface area (Å²) < 4.78 is 29.2. The van der Waals surface area contributed by atoms with Crippen LogP contribution >= 0.6 is 0 Å². The fourth-order valence-electron chi connectivity index (χ4n) is 2.69. The number of ether oxygens (including phenoxy) is 1. The molecule has 1 fully saturated rings. The maximum Gasteiger partial charge on any atom is 0.324 e. The zero-order valence-corrected chi connectivity index (χ0v) is 15.1. The van der Waals surface area contributed by atoms with Crippen molar-refractivity contribution in [1.82, 2.24) is 4.31 Å². The Bertz CT molecular complexity index is 838. The molecule has 1 N–H and O–H groups in total.